The molecule has 6 heteroatoms. The van der Waals surface area contributed by atoms with Crippen LogP contribution in [-0.4, -0.2) is 11.9 Å². The lowest BCUT2D eigenvalue weighted by Crippen LogP contribution is -2.32. The van der Waals surface area contributed by atoms with E-state index >= 15 is 0 Å². The van der Waals surface area contributed by atoms with Crippen molar-refractivity contribution in [3.05, 3.63) is 51.7 Å². The summed E-state index contributed by atoms with van der Waals surface area (Å²) >= 11 is 11.9. The zero-order chi connectivity index (χ0) is 17.7. The number of furan rings is 1. The fourth-order valence-corrected chi connectivity index (χ4v) is 2.23. The highest BCUT2D eigenvalue weighted by molar-refractivity contribution is 6.42. The van der Waals surface area contributed by atoms with Gasteiger partial charge in [-0.3, -0.25) is 4.79 Å². The largest absolute Gasteiger partial charge is 0.457 e. The molecule has 1 aromatic heterocycles. The molecule has 0 fully saturated rings. The van der Waals surface area contributed by atoms with Crippen LogP contribution in [0.25, 0.3) is 17.4 Å². The second-order valence-electron chi connectivity index (χ2n) is 5.28. The standard InChI is InChI=1S/C18H16Cl2N2O2/c1-3-11(2)22-18(23)13(10-21)8-14-5-7-17(24-14)12-4-6-15(19)16(20)9-12/h4-9,11H,3H2,1-2H3,(H,22,23)/b13-8+/t11-/m0/s1. The number of amides is 1. The molecule has 1 N–H and O–H groups in total. The van der Waals surface area contributed by atoms with Crippen LogP contribution in [0.2, 0.25) is 10.0 Å². The Hall–Kier alpha value is -2.22. The topological polar surface area (TPSA) is 66.0 Å². The molecule has 1 atom stereocenters. The van der Waals surface area contributed by atoms with E-state index in [0.717, 1.165) is 12.0 Å². The molecule has 0 radical (unpaired) electrons. The molecule has 4 nitrogen and oxygen atoms in total. The first-order valence-electron chi connectivity index (χ1n) is 7.42. The minimum Gasteiger partial charge on any atom is -0.457 e. The van der Waals surface area contributed by atoms with E-state index in [2.05, 4.69) is 5.32 Å². The highest BCUT2D eigenvalue weighted by atomic mass is 35.5. The van der Waals surface area contributed by atoms with Crippen LogP contribution in [0.4, 0.5) is 0 Å². The zero-order valence-corrected chi connectivity index (χ0v) is 14.8. The summed E-state index contributed by atoms with van der Waals surface area (Å²) in [7, 11) is 0. The summed E-state index contributed by atoms with van der Waals surface area (Å²) in [6.07, 6.45) is 2.20. The second kappa shape index (κ2) is 8.05. The molecule has 0 aliphatic carbocycles. The lowest BCUT2D eigenvalue weighted by Gasteiger charge is -2.09. The first-order chi connectivity index (χ1) is 11.4. The van der Waals surface area contributed by atoms with E-state index in [1.807, 2.05) is 19.9 Å². The quantitative estimate of drug-likeness (QED) is 0.595. The van der Waals surface area contributed by atoms with Crippen molar-refractivity contribution in [2.45, 2.75) is 26.3 Å². The summed E-state index contributed by atoms with van der Waals surface area (Å²) < 4.78 is 5.67. The Morgan fingerprint density at radius 2 is 2.08 bits per heavy atom. The Balaban J connectivity index is 2.24. The number of benzene rings is 1. The number of nitrogens with zero attached hydrogens (tertiary/aromatic N) is 1. The van der Waals surface area contributed by atoms with Crippen LogP contribution in [0, 0.1) is 11.3 Å². The third-order valence-electron chi connectivity index (χ3n) is 3.47. The van der Waals surface area contributed by atoms with Gasteiger partial charge in [0.15, 0.2) is 0 Å². The van der Waals surface area contributed by atoms with E-state index < -0.39 is 5.91 Å². The van der Waals surface area contributed by atoms with Gasteiger partial charge in [0, 0.05) is 17.7 Å². The number of halogens is 2. The number of hydrogen-bond donors (Lipinski definition) is 1. The molecule has 2 aromatic rings. The van der Waals surface area contributed by atoms with E-state index in [1.165, 1.54) is 6.08 Å². The van der Waals surface area contributed by atoms with Crippen molar-refractivity contribution in [1.29, 1.82) is 5.26 Å². The highest BCUT2D eigenvalue weighted by Crippen LogP contribution is 2.30. The van der Waals surface area contributed by atoms with Gasteiger partial charge in [0.05, 0.1) is 10.0 Å². The predicted molar refractivity (Wildman–Crippen MR) is 95.6 cm³/mol. The molecule has 1 aromatic carbocycles. The Bertz CT molecular complexity index is 819. The molecule has 1 heterocycles. The van der Waals surface area contributed by atoms with E-state index in [1.54, 1.807) is 30.3 Å². The molecular formula is C18H16Cl2N2O2. The molecule has 24 heavy (non-hydrogen) atoms. The summed E-state index contributed by atoms with van der Waals surface area (Å²) in [5.74, 6) is 0.561. The van der Waals surface area contributed by atoms with Gasteiger partial charge in [0.1, 0.15) is 23.2 Å². The number of nitrogens with one attached hydrogen (secondary N) is 1. The molecule has 0 aliphatic rings. The number of carbonyl (C=O) groups is 1. The van der Waals surface area contributed by atoms with E-state index in [4.69, 9.17) is 27.6 Å². The monoisotopic (exact) mass is 362 g/mol. The molecule has 0 spiro atoms. The van der Waals surface area contributed by atoms with Crippen LogP contribution in [0.15, 0.2) is 40.3 Å². The minimum absolute atomic E-state index is 0.00220. The fraction of sp³-hybridized carbons (Fsp3) is 0.222. The fourth-order valence-electron chi connectivity index (χ4n) is 1.93. The smallest absolute Gasteiger partial charge is 0.262 e. The van der Waals surface area contributed by atoms with Crippen molar-refractivity contribution < 1.29 is 9.21 Å². The Morgan fingerprint density at radius 3 is 2.71 bits per heavy atom. The molecule has 0 saturated heterocycles. The summed E-state index contributed by atoms with van der Waals surface area (Å²) in [5.41, 5.74) is 0.747. The van der Waals surface area contributed by atoms with Crippen molar-refractivity contribution in [2.75, 3.05) is 0 Å². The van der Waals surface area contributed by atoms with Crippen LogP contribution in [0.1, 0.15) is 26.0 Å². The average molecular weight is 363 g/mol. The van der Waals surface area contributed by atoms with Crippen LogP contribution < -0.4 is 5.32 Å². The molecule has 0 bridgehead atoms. The first-order valence-corrected chi connectivity index (χ1v) is 8.18. The summed E-state index contributed by atoms with van der Waals surface area (Å²) in [5, 5.41) is 12.8. The van der Waals surface area contributed by atoms with Crippen molar-refractivity contribution >= 4 is 35.2 Å². The summed E-state index contributed by atoms with van der Waals surface area (Å²) in [4.78, 5) is 12.0. The van der Waals surface area contributed by atoms with E-state index in [0.29, 0.717) is 21.6 Å². The van der Waals surface area contributed by atoms with Crippen LogP contribution >= 0.6 is 23.2 Å². The molecule has 0 saturated carbocycles. The molecule has 0 aliphatic heterocycles. The maximum Gasteiger partial charge on any atom is 0.262 e. The summed E-state index contributed by atoms with van der Waals surface area (Å²) in [6.45, 7) is 3.83. The third-order valence-corrected chi connectivity index (χ3v) is 4.21. The Kier molecular flexibility index (Phi) is 6.08. The number of carbonyl (C=O) groups excluding carboxylic acids is 1. The van der Waals surface area contributed by atoms with E-state index in [-0.39, 0.29) is 11.6 Å². The molecule has 0 unspecified atom stereocenters. The zero-order valence-electron chi connectivity index (χ0n) is 13.3. The SMILES string of the molecule is CC[C@H](C)NC(=O)/C(C#N)=C/c1ccc(-c2ccc(Cl)c(Cl)c2)o1. The van der Waals surface area contributed by atoms with Gasteiger partial charge < -0.3 is 9.73 Å². The molecule has 124 valence electrons. The van der Waals surface area contributed by atoms with Gasteiger partial charge in [-0.1, -0.05) is 30.1 Å². The van der Waals surface area contributed by atoms with Crippen molar-refractivity contribution in [3.8, 4) is 17.4 Å². The molecule has 2 rings (SSSR count). The predicted octanol–water partition coefficient (Wildman–Crippen LogP) is 5.08. The number of hydrogen-bond acceptors (Lipinski definition) is 3. The van der Waals surface area contributed by atoms with Gasteiger partial charge in [-0.2, -0.15) is 5.26 Å². The van der Waals surface area contributed by atoms with Gasteiger partial charge in [-0.05, 0) is 43.7 Å². The van der Waals surface area contributed by atoms with Gasteiger partial charge in [0.2, 0.25) is 0 Å². The Labute approximate surface area is 150 Å². The Morgan fingerprint density at radius 1 is 1.33 bits per heavy atom. The third kappa shape index (κ3) is 4.41. The minimum atomic E-state index is -0.417. The maximum atomic E-state index is 12.0. The number of nitriles is 1. The van der Waals surface area contributed by atoms with Crippen molar-refractivity contribution in [3.63, 3.8) is 0 Å². The van der Waals surface area contributed by atoms with Gasteiger partial charge in [-0.15, -0.1) is 0 Å². The maximum absolute atomic E-state index is 12.0. The van der Waals surface area contributed by atoms with E-state index in [9.17, 15) is 10.1 Å². The highest BCUT2D eigenvalue weighted by Gasteiger charge is 2.13. The summed E-state index contributed by atoms with van der Waals surface area (Å²) in [6, 6.07) is 10.5. The van der Waals surface area contributed by atoms with Gasteiger partial charge >= 0.3 is 0 Å². The van der Waals surface area contributed by atoms with Gasteiger partial charge in [0.25, 0.3) is 5.91 Å². The first kappa shape index (κ1) is 18.1. The molecule has 1 amide bonds. The van der Waals surface area contributed by atoms with Crippen LogP contribution in [0.3, 0.4) is 0 Å². The molecular weight excluding hydrogens is 347 g/mol. The second-order valence-corrected chi connectivity index (χ2v) is 6.10. The van der Waals surface area contributed by atoms with Crippen molar-refractivity contribution in [2.24, 2.45) is 0 Å². The lowest BCUT2D eigenvalue weighted by atomic mass is 10.2. The van der Waals surface area contributed by atoms with Crippen LogP contribution in [-0.2, 0) is 4.79 Å². The lowest BCUT2D eigenvalue weighted by molar-refractivity contribution is -0.117. The number of rotatable bonds is 5. The van der Waals surface area contributed by atoms with Crippen molar-refractivity contribution in [1.82, 2.24) is 5.32 Å². The average Bonchev–Trinajstić information content (AvgIpc) is 3.03. The van der Waals surface area contributed by atoms with Gasteiger partial charge in [-0.25, -0.2) is 0 Å². The van der Waals surface area contributed by atoms with Crippen LogP contribution in [0.5, 0.6) is 0 Å². The normalized spacial score (nSPS) is 12.5.